The van der Waals surface area contributed by atoms with Crippen molar-refractivity contribution in [2.75, 3.05) is 6.54 Å². The molecule has 0 amide bonds. The molecule has 0 bridgehead atoms. The summed E-state index contributed by atoms with van der Waals surface area (Å²) in [6.45, 7) is 8.08. The van der Waals surface area contributed by atoms with E-state index in [1.54, 1.807) is 0 Å². The average molecular weight is 373 g/mol. The molecule has 21 heavy (non-hydrogen) atoms. The lowest BCUT2D eigenvalue weighted by Gasteiger charge is -2.37. The molecule has 4 atom stereocenters. The summed E-state index contributed by atoms with van der Waals surface area (Å²) in [5.74, 6) is 2.38. The fraction of sp³-hybridized carbons (Fsp3) is 0.667. The number of halogens is 2. The van der Waals surface area contributed by atoms with Crippen LogP contribution in [0.3, 0.4) is 0 Å². The fourth-order valence-electron chi connectivity index (χ4n) is 3.48. The molecule has 4 unspecified atom stereocenters. The molecule has 1 N–H and O–H groups in total. The van der Waals surface area contributed by atoms with Gasteiger partial charge < -0.3 is 5.32 Å². The zero-order valence-electron chi connectivity index (χ0n) is 13.3. The topological polar surface area (TPSA) is 12.0 Å². The third-order valence-electron chi connectivity index (χ3n) is 5.02. The van der Waals surface area contributed by atoms with Gasteiger partial charge in [0.1, 0.15) is 0 Å². The van der Waals surface area contributed by atoms with Crippen LogP contribution in [-0.4, -0.2) is 6.54 Å². The van der Waals surface area contributed by atoms with Gasteiger partial charge in [0, 0.05) is 15.5 Å². The Bertz CT molecular complexity index is 463. The maximum absolute atomic E-state index is 6.24. The molecule has 0 heterocycles. The van der Waals surface area contributed by atoms with Crippen molar-refractivity contribution in [1.82, 2.24) is 5.32 Å². The van der Waals surface area contributed by atoms with Crippen molar-refractivity contribution in [1.29, 1.82) is 0 Å². The molecule has 1 aliphatic carbocycles. The number of hydrogen-bond acceptors (Lipinski definition) is 1. The van der Waals surface area contributed by atoms with Crippen molar-refractivity contribution >= 4 is 27.5 Å². The summed E-state index contributed by atoms with van der Waals surface area (Å²) in [6.07, 6.45) is 5.12. The molecule has 3 heteroatoms. The van der Waals surface area contributed by atoms with Crippen molar-refractivity contribution in [3.05, 3.63) is 33.3 Å². The van der Waals surface area contributed by atoms with Gasteiger partial charge in [0.15, 0.2) is 0 Å². The highest BCUT2D eigenvalue weighted by molar-refractivity contribution is 9.10. The Hall–Kier alpha value is -0.0500. The minimum atomic E-state index is 0.410. The van der Waals surface area contributed by atoms with Gasteiger partial charge in [-0.1, -0.05) is 54.7 Å². The van der Waals surface area contributed by atoms with Gasteiger partial charge in [-0.25, -0.2) is 0 Å². The van der Waals surface area contributed by atoms with E-state index in [1.165, 1.54) is 29.3 Å². The highest BCUT2D eigenvalue weighted by Gasteiger charge is 2.31. The molecule has 1 aliphatic rings. The van der Waals surface area contributed by atoms with Gasteiger partial charge in [0.05, 0.1) is 0 Å². The van der Waals surface area contributed by atoms with Gasteiger partial charge in [-0.15, -0.1) is 0 Å². The largest absolute Gasteiger partial charge is 0.310 e. The van der Waals surface area contributed by atoms with Crippen LogP contribution >= 0.6 is 27.5 Å². The second-order valence-electron chi connectivity index (χ2n) is 6.63. The Balaban J connectivity index is 2.23. The zero-order chi connectivity index (χ0) is 15.4. The van der Waals surface area contributed by atoms with Crippen molar-refractivity contribution in [3.63, 3.8) is 0 Å². The summed E-state index contributed by atoms with van der Waals surface area (Å²) >= 11 is 9.96. The Morgan fingerprint density at radius 3 is 2.71 bits per heavy atom. The monoisotopic (exact) mass is 371 g/mol. The van der Waals surface area contributed by atoms with Gasteiger partial charge in [0.25, 0.3) is 0 Å². The van der Waals surface area contributed by atoms with Crippen LogP contribution in [0.25, 0.3) is 0 Å². The molecular formula is C18H27BrClN. The Labute approximate surface area is 143 Å². The number of rotatable bonds is 5. The third-order valence-corrected chi connectivity index (χ3v) is 5.97. The van der Waals surface area contributed by atoms with Crippen molar-refractivity contribution in [3.8, 4) is 0 Å². The first-order valence-corrected chi connectivity index (χ1v) is 9.38. The summed E-state index contributed by atoms with van der Waals surface area (Å²) in [4.78, 5) is 0. The molecule has 1 saturated carbocycles. The van der Waals surface area contributed by atoms with Crippen molar-refractivity contribution in [2.24, 2.45) is 17.8 Å². The zero-order valence-corrected chi connectivity index (χ0v) is 15.7. The van der Waals surface area contributed by atoms with Gasteiger partial charge in [-0.05, 0) is 67.3 Å². The first-order chi connectivity index (χ1) is 10.0. The van der Waals surface area contributed by atoms with Gasteiger partial charge >= 0.3 is 0 Å². The Morgan fingerprint density at radius 2 is 2.05 bits per heavy atom. The van der Waals surface area contributed by atoms with Crippen molar-refractivity contribution < 1.29 is 0 Å². The van der Waals surface area contributed by atoms with E-state index in [4.69, 9.17) is 11.6 Å². The molecule has 2 rings (SSSR count). The smallest absolute Gasteiger partial charge is 0.0410 e. The van der Waals surface area contributed by atoms with Crippen molar-refractivity contribution in [2.45, 2.75) is 52.5 Å². The lowest BCUT2D eigenvalue weighted by molar-refractivity contribution is 0.171. The predicted octanol–water partition coefficient (Wildman–Crippen LogP) is 6.22. The molecule has 1 nitrogen and oxygen atoms in total. The predicted molar refractivity (Wildman–Crippen MR) is 95.9 cm³/mol. The van der Waals surface area contributed by atoms with Crippen LogP contribution in [0.5, 0.6) is 0 Å². The molecule has 0 spiro atoms. The van der Waals surface area contributed by atoms with Crippen LogP contribution in [0.2, 0.25) is 5.02 Å². The van der Waals surface area contributed by atoms with E-state index in [9.17, 15) is 0 Å². The third kappa shape index (κ3) is 4.46. The molecular weight excluding hydrogens is 346 g/mol. The first-order valence-electron chi connectivity index (χ1n) is 8.21. The summed E-state index contributed by atoms with van der Waals surface area (Å²) in [7, 11) is 0. The Morgan fingerprint density at radius 1 is 1.29 bits per heavy atom. The maximum Gasteiger partial charge on any atom is 0.0410 e. The van der Waals surface area contributed by atoms with Crippen LogP contribution in [0, 0.1) is 17.8 Å². The Kier molecular flexibility index (Phi) is 6.58. The summed E-state index contributed by atoms with van der Waals surface area (Å²) in [5, 5.41) is 4.60. The van der Waals surface area contributed by atoms with E-state index >= 15 is 0 Å². The van der Waals surface area contributed by atoms with E-state index in [0.29, 0.717) is 12.0 Å². The molecule has 1 aromatic rings. The normalized spacial score (nSPS) is 27.6. The number of hydrogen-bond donors (Lipinski definition) is 1. The lowest BCUT2D eigenvalue weighted by atomic mass is 9.72. The molecule has 118 valence electrons. The van der Waals surface area contributed by atoms with Gasteiger partial charge in [-0.2, -0.15) is 0 Å². The standard InChI is InChI=1S/C18H27BrClN/c1-4-9-21-18(14-6-5-12(2)13(3)10-14)16-11-15(20)7-8-17(16)19/h7-8,11-14,18,21H,4-6,9-10H2,1-3H3. The van der Waals surface area contributed by atoms with Crippen LogP contribution in [-0.2, 0) is 0 Å². The van der Waals surface area contributed by atoms with E-state index < -0.39 is 0 Å². The van der Waals surface area contributed by atoms with Crippen LogP contribution in [0.4, 0.5) is 0 Å². The highest BCUT2D eigenvalue weighted by Crippen LogP contribution is 2.42. The molecule has 1 fully saturated rings. The van der Waals surface area contributed by atoms with Crippen LogP contribution in [0.15, 0.2) is 22.7 Å². The molecule has 0 aromatic heterocycles. The minimum Gasteiger partial charge on any atom is -0.310 e. The van der Waals surface area contributed by atoms with E-state index in [0.717, 1.165) is 29.8 Å². The van der Waals surface area contributed by atoms with E-state index in [-0.39, 0.29) is 0 Å². The minimum absolute atomic E-state index is 0.410. The summed E-state index contributed by atoms with van der Waals surface area (Å²) in [6, 6.07) is 6.57. The maximum atomic E-state index is 6.24. The van der Waals surface area contributed by atoms with Gasteiger partial charge in [-0.3, -0.25) is 0 Å². The summed E-state index contributed by atoms with van der Waals surface area (Å²) in [5.41, 5.74) is 1.32. The molecule has 0 radical (unpaired) electrons. The molecule has 1 aromatic carbocycles. The first kappa shape index (κ1) is 17.3. The lowest BCUT2D eigenvalue weighted by Crippen LogP contribution is -2.34. The quantitative estimate of drug-likeness (QED) is 0.647. The second kappa shape index (κ2) is 7.99. The average Bonchev–Trinajstić information content (AvgIpc) is 2.46. The second-order valence-corrected chi connectivity index (χ2v) is 7.92. The SMILES string of the molecule is CCCNC(c1cc(Cl)ccc1Br)C1CCC(C)C(C)C1. The van der Waals surface area contributed by atoms with Crippen LogP contribution in [0.1, 0.15) is 58.1 Å². The number of nitrogens with one attached hydrogen (secondary N) is 1. The molecule has 0 aliphatic heterocycles. The van der Waals surface area contributed by atoms with E-state index in [2.05, 4.69) is 54.2 Å². The molecule has 0 saturated heterocycles. The highest BCUT2D eigenvalue weighted by atomic mass is 79.9. The number of benzene rings is 1. The summed E-state index contributed by atoms with van der Waals surface area (Å²) < 4.78 is 1.17. The van der Waals surface area contributed by atoms with Crippen LogP contribution < -0.4 is 5.32 Å². The van der Waals surface area contributed by atoms with Gasteiger partial charge in [0.2, 0.25) is 0 Å². The fourth-order valence-corrected chi connectivity index (χ4v) is 4.15. The van der Waals surface area contributed by atoms with E-state index in [1.807, 2.05) is 6.07 Å².